The van der Waals surface area contributed by atoms with Crippen molar-refractivity contribution in [1.29, 1.82) is 0 Å². The van der Waals surface area contributed by atoms with E-state index in [4.69, 9.17) is 5.73 Å². The Balaban J connectivity index is 1.65. The van der Waals surface area contributed by atoms with Gasteiger partial charge in [-0.05, 0) is 18.1 Å². The number of rotatable bonds is 3. The molecule has 7 nitrogen and oxygen atoms in total. The summed E-state index contributed by atoms with van der Waals surface area (Å²) in [5.74, 6) is -1.75. The lowest BCUT2D eigenvalue weighted by atomic mass is 9.73. The van der Waals surface area contributed by atoms with Crippen molar-refractivity contribution in [2.45, 2.75) is 30.7 Å². The van der Waals surface area contributed by atoms with Gasteiger partial charge in [-0.1, -0.05) is 18.2 Å². The van der Waals surface area contributed by atoms with E-state index in [2.05, 4.69) is 16.2 Å². The van der Waals surface area contributed by atoms with Crippen LogP contribution in [0.25, 0.3) is 0 Å². The van der Waals surface area contributed by atoms with Gasteiger partial charge in [0.15, 0.2) is 0 Å². The van der Waals surface area contributed by atoms with Crippen molar-refractivity contribution >= 4 is 11.8 Å². The van der Waals surface area contributed by atoms with Gasteiger partial charge in [0.2, 0.25) is 11.8 Å². The average molecular weight is 397 g/mol. The lowest BCUT2D eigenvalue weighted by molar-refractivity contribution is -0.178. The third-order valence-corrected chi connectivity index (χ3v) is 6.01. The Labute approximate surface area is 159 Å². The normalized spacial score (nSPS) is 32.8. The van der Waals surface area contributed by atoms with E-state index in [1.54, 1.807) is 24.3 Å². The molecule has 5 N–H and O–H groups in total. The standard InChI is InChI=1S/C18H22F3N5O2/c19-18(20,21)8-26-14-5-13(9-3-1-2-4-10(9)16(22)27)23-6-11(14)15-12(17(26)28)7-24-25-15/h1-4,11-15,23-25H,5-8H2,(H2,22,27). The number of nitrogens with one attached hydrogen (secondary N) is 3. The molecule has 2 amide bonds. The molecule has 3 fully saturated rings. The Morgan fingerprint density at radius 1 is 1.25 bits per heavy atom. The number of halogens is 3. The molecule has 0 aliphatic carbocycles. The smallest absolute Gasteiger partial charge is 0.366 e. The Morgan fingerprint density at radius 2 is 2.00 bits per heavy atom. The molecule has 4 rings (SSSR count). The Morgan fingerprint density at radius 3 is 2.71 bits per heavy atom. The zero-order chi connectivity index (χ0) is 20.1. The molecule has 152 valence electrons. The minimum Gasteiger partial charge on any atom is -0.366 e. The highest BCUT2D eigenvalue weighted by Crippen LogP contribution is 2.40. The molecule has 10 heteroatoms. The Kier molecular flexibility index (Phi) is 4.80. The first-order valence-corrected chi connectivity index (χ1v) is 9.24. The van der Waals surface area contributed by atoms with Crippen molar-refractivity contribution in [3.05, 3.63) is 35.4 Å². The van der Waals surface area contributed by atoms with Crippen LogP contribution in [0.2, 0.25) is 0 Å². The van der Waals surface area contributed by atoms with Gasteiger partial charge in [0, 0.05) is 42.7 Å². The van der Waals surface area contributed by atoms with E-state index in [-0.39, 0.29) is 24.4 Å². The van der Waals surface area contributed by atoms with E-state index < -0.39 is 36.5 Å². The molecule has 5 atom stereocenters. The molecule has 3 saturated heterocycles. The van der Waals surface area contributed by atoms with Crippen LogP contribution >= 0.6 is 0 Å². The number of amides is 2. The Bertz CT molecular complexity index is 787. The number of piperidine rings is 2. The van der Waals surface area contributed by atoms with Gasteiger partial charge in [-0.3, -0.25) is 20.4 Å². The highest BCUT2D eigenvalue weighted by atomic mass is 19.4. The van der Waals surface area contributed by atoms with Crippen LogP contribution in [0.1, 0.15) is 28.4 Å². The van der Waals surface area contributed by atoms with Gasteiger partial charge in [0.25, 0.3) is 0 Å². The second kappa shape index (κ2) is 7.02. The molecule has 0 saturated carbocycles. The molecule has 0 bridgehead atoms. The van der Waals surface area contributed by atoms with Crippen LogP contribution < -0.4 is 21.9 Å². The van der Waals surface area contributed by atoms with Gasteiger partial charge in [0.05, 0.1) is 5.92 Å². The molecule has 3 aliphatic rings. The van der Waals surface area contributed by atoms with Gasteiger partial charge in [-0.25, -0.2) is 0 Å². The number of nitrogens with zero attached hydrogens (tertiary/aromatic N) is 1. The number of hydrogen-bond acceptors (Lipinski definition) is 5. The van der Waals surface area contributed by atoms with Gasteiger partial charge in [-0.15, -0.1) is 0 Å². The number of benzene rings is 1. The van der Waals surface area contributed by atoms with Crippen LogP contribution in [-0.2, 0) is 4.79 Å². The number of likely N-dealkylation sites (tertiary alicyclic amines) is 1. The van der Waals surface area contributed by atoms with Crippen molar-refractivity contribution in [2.24, 2.45) is 17.6 Å². The number of hydrogen-bond donors (Lipinski definition) is 4. The topological polar surface area (TPSA) is 99.5 Å². The number of hydrazine groups is 1. The fourth-order valence-corrected chi connectivity index (χ4v) is 4.83. The fourth-order valence-electron chi connectivity index (χ4n) is 4.83. The van der Waals surface area contributed by atoms with Crippen molar-refractivity contribution < 1.29 is 22.8 Å². The maximum atomic E-state index is 13.2. The predicted octanol–water partition coefficient (Wildman–Crippen LogP) is 0.302. The molecule has 3 aliphatic heterocycles. The van der Waals surface area contributed by atoms with Gasteiger partial charge >= 0.3 is 6.18 Å². The molecule has 5 unspecified atom stereocenters. The summed E-state index contributed by atoms with van der Waals surface area (Å²) >= 11 is 0. The van der Waals surface area contributed by atoms with E-state index in [1.165, 1.54) is 0 Å². The second-order valence-electron chi connectivity index (χ2n) is 7.62. The maximum Gasteiger partial charge on any atom is 0.406 e. The highest BCUT2D eigenvalue weighted by Gasteiger charge is 2.54. The number of carbonyl (C=O) groups excluding carboxylic acids is 2. The minimum absolute atomic E-state index is 0.169. The van der Waals surface area contributed by atoms with E-state index in [0.29, 0.717) is 24.2 Å². The molecular formula is C18H22F3N5O2. The molecule has 3 heterocycles. The zero-order valence-corrected chi connectivity index (χ0v) is 15.0. The summed E-state index contributed by atoms with van der Waals surface area (Å²) in [6, 6.07) is 5.62. The number of nitrogens with two attached hydrogens (primary N) is 1. The molecular weight excluding hydrogens is 375 g/mol. The van der Waals surface area contributed by atoms with Crippen molar-refractivity contribution in [2.75, 3.05) is 19.6 Å². The molecule has 0 radical (unpaired) electrons. The van der Waals surface area contributed by atoms with E-state index in [1.807, 2.05) is 0 Å². The molecule has 1 aromatic rings. The lowest BCUT2D eigenvalue weighted by Crippen LogP contribution is -2.66. The van der Waals surface area contributed by atoms with Crippen LogP contribution in [0, 0.1) is 11.8 Å². The highest BCUT2D eigenvalue weighted by molar-refractivity contribution is 5.94. The third kappa shape index (κ3) is 3.36. The number of carbonyl (C=O) groups is 2. The third-order valence-electron chi connectivity index (χ3n) is 6.01. The summed E-state index contributed by atoms with van der Waals surface area (Å²) in [5.41, 5.74) is 12.4. The van der Waals surface area contributed by atoms with Crippen molar-refractivity contribution in [1.82, 2.24) is 21.1 Å². The molecule has 28 heavy (non-hydrogen) atoms. The minimum atomic E-state index is -4.47. The van der Waals surface area contributed by atoms with Gasteiger partial charge < -0.3 is 16.0 Å². The summed E-state index contributed by atoms with van der Waals surface area (Å²) < 4.78 is 39.6. The van der Waals surface area contributed by atoms with Crippen LogP contribution in [0.3, 0.4) is 0 Å². The first-order chi connectivity index (χ1) is 13.3. The first kappa shape index (κ1) is 19.2. The van der Waals surface area contributed by atoms with Crippen molar-refractivity contribution in [3.8, 4) is 0 Å². The summed E-state index contributed by atoms with van der Waals surface area (Å²) in [6.45, 7) is -0.519. The largest absolute Gasteiger partial charge is 0.406 e. The molecule has 0 spiro atoms. The van der Waals surface area contributed by atoms with E-state index in [0.717, 1.165) is 4.90 Å². The summed E-state index contributed by atoms with van der Waals surface area (Å²) in [7, 11) is 0. The summed E-state index contributed by atoms with van der Waals surface area (Å²) in [4.78, 5) is 25.6. The SMILES string of the molecule is NC(=O)c1ccccc1C1CC2C(CN1)C1NNCC1C(=O)N2CC(F)(F)F. The molecule has 1 aromatic carbocycles. The maximum absolute atomic E-state index is 13.2. The fraction of sp³-hybridized carbons (Fsp3) is 0.556. The van der Waals surface area contributed by atoms with Crippen molar-refractivity contribution in [3.63, 3.8) is 0 Å². The molecule has 0 aromatic heterocycles. The number of primary amides is 1. The number of alkyl halides is 3. The lowest BCUT2D eigenvalue weighted by Gasteiger charge is -2.50. The Hall–Kier alpha value is -2.17. The monoisotopic (exact) mass is 397 g/mol. The predicted molar refractivity (Wildman–Crippen MR) is 93.8 cm³/mol. The van der Waals surface area contributed by atoms with Crippen LogP contribution in [-0.4, -0.2) is 54.6 Å². The second-order valence-corrected chi connectivity index (χ2v) is 7.62. The first-order valence-electron chi connectivity index (χ1n) is 9.24. The van der Waals surface area contributed by atoms with Crippen LogP contribution in [0.5, 0.6) is 0 Å². The summed E-state index contributed by atoms with van der Waals surface area (Å²) in [5, 5.41) is 3.35. The average Bonchev–Trinajstić information content (AvgIpc) is 3.14. The van der Waals surface area contributed by atoms with Gasteiger partial charge in [0.1, 0.15) is 6.54 Å². The summed E-state index contributed by atoms with van der Waals surface area (Å²) in [6.07, 6.45) is -4.19. The number of fused-ring (bicyclic) bond motifs is 3. The van der Waals surface area contributed by atoms with Gasteiger partial charge in [-0.2, -0.15) is 13.2 Å². The van der Waals surface area contributed by atoms with Crippen LogP contribution in [0.4, 0.5) is 13.2 Å². The quantitative estimate of drug-likeness (QED) is 0.588. The zero-order valence-electron chi connectivity index (χ0n) is 15.0. The van der Waals surface area contributed by atoms with Crippen LogP contribution in [0.15, 0.2) is 24.3 Å². The van der Waals surface area contributed by atoms with E-state index >= 15 is 0 Å². The van der Waals surface area contributed by atoms with E-state index in [9.17, 15) is 22.8 Å².